The predicted octanol–water partition coefficient (Wildman–Crippen LogP) is 4.24. The second-order valence-corrected chi connectivity index (χ2v) is 3.52. The van der Waals surface area contributed by atoms with Crippen molar-refractivity contribution in [1.82, 2.24) is 0 Å². The van der Waals surface area contributed by atoms with Crippen molar-refractivity contribution in [1.29, 1.82) is 0 Å². The van der Waals surface area contributed by atoms with E-state index in [0.717, 1.165) is 5.56 Å². The van der Waals surface area contributed by atoms with Crippen LogP contribution >= 0.6 is 0 Å². The first-order valence-corrected chi connectivity index (χ1v) is 6.83. The number of aliphatic hydroxyl groups excluding tert-OH is 1. The van der Waals surface area contributed by atoms with Gasteiger partial charge in [0.25, 0.3) is 0 Å². The molecule has 0 aliphatic heterocycles. The van der Waals surface area contributed by atoms with Gasteiger partial charge in [0.15, 0.2) is 11.5 Å². The lowest BCUT2D eigenvalue weighted by Crippen LogP contribution is -1.84. The number of ether oxygens (including phenoxy) is 1. The number of phenols is 1. The van der Waals surface area contributed by atoms with E-state index in [4.69, 9.17) is 9.84 Å². The third-order valence-corrected chi connectivity index (χ3v) is 2.12. The Morgan fingerprint density at radius 3 is 2.16 bits per heavy atom. The standard InChI is InChI=1S/C10H12O3.C4H10.C2H6/c1-13-10-7-8(3-2-6-11)4-5-9(10)12;1-3-4-2;1-2/h2-5,7,11-12H,6H2,1H3;3-4H2,1-2H3;1-2H3/b3-2+;;. The van der Waals surface area contributed by atoms with Crippen molar-refractivity contribution in [3.05, 3.63) is 29.8 Å². The van der Waals surface area contributed by atoms with E-state index < -0.39 is 0 Å². The van der Waals surface area contributed by atoms with Crippen LogP contribution in [0.5, 0.6) is 11.5 Å². The van der Waals surface area contributed by atoms with Crippen molar-refractivity contribution >= 4 is 6.08 Å². The predicted molar refractivity (Wildman–Crippen MR) is 82.7 cm³/mol. The summed E-state index contributed by atoms with van der Waals surface area (Å²) in [6.07, 6.45) is 6.01. The molecule has 0 fully saturated rings. The van der Waals surface area contributed by atoms with Gasteiger partial charge in [0.1, 0.15) is 0 Å². The van der Waals surface area contributed by atoms with E-state index in [1.54, 1.807) is 30.4 Å². The van der Waals surface area contributed by atoms with Crippen LogP contribution in [0.1, 0.15) is 46.1 Å². The largest absolute Gasteiger partial charge is 0.504 e. The number of hydrogen-bond donors (Lipinski definition) is 2. The smallest absolute Gasteiger partial charge is 0.161 e. The van der Waals surface area contributed by atoms with Crippen molar-refractivity contribution in [2.24, 2.45) is 0 Å². The van der Waals surface area contributed by atoms with Crippen LogP contribution in [0, 0.1) is 0 Å². The number of rotatable bonds is 4. The van der Waals surface area contributed by atoms with Gasteiger partial charge in [-0.25, -0.2) is 0 Å². The summed E-state index contributed by atoms with van der Waals surface area (Å²) in [4.78, 5) is 0. The molecule has 0 atom stereocenters. The molecular formula is C16H28O3. The van der Waals surface area contributed by atoms with Gasteiger partial charge >= 0.3 is 0 Å². The zero-order chi connectivity index (χ0) is 15.1. The molecule has 0 aliphatic carbocycles. The van der Waals surface area contributed by atoms with Gasteiger partial charge in [-0.05, 0) is 17.7 Å². The molecule has 0 saturated heterocycles. The maximum atomic E-state index is 9.26. The fourth-order valence-corrected chi connectivity index (χ4v) is 0.987. The van der Waals surface area contributed by atoms with Crippen LogP contribution in [0.15, 0.2) is 24.3 Å². The highest BCUT2D eigenvalue weighted by atomic mass is 16.5. The zero-order valence-corrected chi connectivity index (χ0v) is 12.8. The van der Waals surface area contributed by atoms with Gasteiger partial charge in [-0.1, -0.05) is 58.8 Å². The molecule has 0 saturated carbocycles. The van der Waals surface area contributed by atoms with E-state index in [-0.39, 0.29) is 12.4 Å². The number of aliphatic hydroxyl groups is 1. The Bertz CT molecular complexity index is 331. The molecular weight excluding hydrogens is 240 g/mol. The van der Waals surface area contributed by atoms with Crippen LogP contribution in [0.25, 0.3) is 6.08 Å². The second-order valence-electron chi connectivity index (χ2n) is 3.52. The summed E-state index contributed by atoms with van der Waals surface area (Å²) in [5.41, 5.74) is 0.878. The van der Waals surface area contributed by atoms with Crippen molar-refractivity contribution in [2.45, 2.75) is 40.5 Å². The van der Waals surface area contributed by atoms with E-state index in [0.29, 0.717) is 5.75 Å². The quantitative estimate of drug-likeness (QED) is 0.858. The maximum absolute atomic E-state index is 9.26. The lowest BCUT2D eigenvalue weighted by molar-refractivity contribution is 0.343. The summed E-state index contributed by atoms with van der Waals surface area (Å²) in [7, 11) is 1.49. The fraction of sp³-hybridized carbons (Fsp3) is 0.500. The molecule has 1 aromatic rings. The topological polar surface area (TPSA) is 49.7 Å². The summed E-state index contributed by atoms with van der Waals surface area (Å²) in [6.45, 7) is 8.36. The minimum absolute atomic E-state index is 0.00317. The molecule has 0 amide bonds. The molecule has 1 rings (SSSR count). The van der Waals surface area contributed by atoms with Crippen LogP contribution in [-0.2, 0) is 0 Å². The average molecular weight is 268 g/mol. The molecule has 1 aromatic carbocycles. The third-order valence-electron chi connectivity index (χ3n) is 2.12. The molecule has 0 aromatic heterocycles. The second kappa shape index (κ2) is 14.6. The number of aromatic hydroxyl groups is 1. The minimum Gasteiger partial charge on any atom is -0.504 e. The van der Waals surface area contributed by atoms with Gasteiger partial charge < -0.3 is 14.9 Å². The van der Waals surface area contributed by atoms with E-state index >= 15 is 0 Å². The van der Waals surface area contributed by atoms with Gasteiger partial charge in [-0.15, -0.1) is 0 Å². The van der Waals surface area contributed by atoms with Gasteiger partial charge in [0.05, 0.1) is 13.7 Å². The van der Waals surface area contributed by atoms with Gasteiger partial charge in [-0.2, -0.15) is 0 Å². The van der Waals surface area contributed by atoms with E-state index in [1.165, 1.54) is 20.0 Å². The lowest BCUT2D eigenvalue weighted by atomic mass is 10.2. The molecule has 0 spiro atoms. The van der Waals surface area contributed by atoms with E-state index in [1.807, 2.05) is 13.8 Å². The first-order chi connectivity index (χ1) is 9.19. The summed E-state index contributed by atoms with van der Waals surface area (Å²) in [6, 6.07) is 4.99. The Kier molecular flexibility index (Phi) is 15.2. The summed E-state index contributed by atoms with van der Waals surface area (Å²) in [5, 5.41) is 17.8. The molecule has 110 valence electrons. The highest BCUT2D eigenvalue weighted by Gasteiger charge is 1.99. The number of benzene rings is 1. The molecule has 2 N–H and O–H groups in total. The number of unbranched alkanes of at least 4 members (excludes halogenated alkanes) is 1. The molecule has 3 heteroatoms. The number of phenolic OH excluding ortho intramolecular Hbond substituents is 1. The fourth-order valence-electron chi connectivity index (χ4n) is 0.987. The lowest BCUT2D eigenvalue weighted by Gasteiger charge is -2.03. The third kappa shape index (κ3) is 10.2. The normalized spacial score (nSPS) is 9.16. The zero-order valence-electron chi connectivity index (χ0n) is 12.8. The molecule has 0 radical (unpaired) electrons. The monoisotopic (exact) mass is 268 g/mol. The van der Waals surface area contributed by atoms with Crippen LogP contribution in [0.4, 0.5) is 0 Å². The Labute approximate surface area is 117 Å². The Balaban J connectivity index is 0. The first kappa shape index (κ1) is 19.9. The van der Waals surface area contributed by atoms with Crippen molar-refractivity contribution in [2.75, 3.05) is 13.7 Å². The summed E-state index contributed by atoms with van der Waals surface area (Å²) < 4.78 is 4.92. The maximum Gasteiger partial charge on any atom is 0.161 e. The average Bonchev–Trinajstić information content (AvgIpc) is 2.48. The van der Waals surface area contributed by atoms with Crippen LogP contribution in [-0.4, -0.2) is 23.9 Å². The Morgan fingerprint density at radius 1 is 1.16 bits per heavy atom. The van der Waals surface area contributed by atoms with Gasteiger partial charge in [-0.3, -0.25) is 0 Å². The minimum atomic E-state index is 0.00317. The highest BCUT2D eigenvalue weighted by molar-refractivity contribution is 5.55. The van der Waals surface area contributed by atoms with Crippen LogP contribution in [0.2, 0.25) is 0 Å². The van der Waals surface area contributed by atoms with E-state index in [2.05, 4.69) is 13.8 Å². The SMILES string of the molecule is CC.CCCC.COc1cc(/C=C/CO)ccc1O. The molecule has 0 aliphatic rings. The first-order valence-electron chi connectivity index (χ1n) is 6.83. The van der Waals surface area contributed by atoms with Crippen LogP contribution in [0.3, 0.4) is 0 Å². The highest BCUT2D eigenvalue weighted by Crippen LogP contribution is 2.26. The van der Waals surface area contributed by atoms with Crippen molar-refractivity contribution < 1.29 is 14.9 Å². The molecule has 0 bridgehead atoms. The van der Waals surface area contributed by atoms with Gasteiger partial charge in [0, 0.05) is 0 Å². The van der Waals surface area contributed by atoms with Crippen LogP contribution < -0.4 is 4.74 Å². The van der Waals surface area contributed by atoms with Crippen molar-refractivity contribution in [3.8, 4) is 11.5 Å². The van der Waals surface area contributed by atoms with E-state index in [9.17, 15) is 5.11 Å². The summed E-state index contributed by atoms with van der Waals surface area (Å²) >= 11 is 0. The van der Waals surface area contributed by atoms with Gasteiger partial charge in [0.2, 0.25) is 0 Å². The molecule has 0 heterocycles. The Morgan fingerprint density at radius 2 is 1.74 bits per heavy atom. The van der Waals surface area contributed by atoms with Crippen molar-refractivity contribution in [3.63, 3.8) is 0 Å². The molecule has 3 nitrogen and oxygen atoms in total. The number of hydrogen-bond acceptors (Lipinski definition) is 3. The molecule has 0 unspecified atom stereocenters. The Hall–Kier alpha value is -1.48. The summed E-state index contributed by atoms with van der Waals surface area (Å²) in [5.74, 6) is 0.545. The molecule has 19 heavy (non-hydrogen) atoms. The number of methoxy groups -OCH3 is 1.